The number of nitrogens with zero attached hydrogens (tertiary/aromatic N) is 3. The highest BCUT2D eigenvalue weighted by molar-refractivity contribution is 5.91. The third-order valence-corrected chi connectivity index (χ3v) is 5.55. The van der Waals surface area contributed by atoms with Gasteiger partial charge in [0.1, 0.15) is 6.04 Å². The third-order valence-electron chi connectivity index (χ3n) is 5.55. The first kappa shape index (κ1) is 14.7. The van der Waals surface area contributed by atoms with Crippen LogP contribution in [-0.2, 0) is 0 Å². The predicted molar refractivity (Wildman–Crippen MR) is 101 cm³/mol. The Morgan fingerprint density at radius 3 is 3.04 bits per heavy atom. The molecule has 1 saturated heterocycles. The maximum Gasteiger partial charge on any atom is 0.153 e. The molecule has 2 aliphatic heterocycles. The largest absolute Gasteiger partial charge is 0.348 e. The molecule has 0 aliphatic carbocycles. The first-order chi connectivity index (χ1) is 12.2. The van der Waals surface area contributed by atoms with E-state index in [1.165, 1.54) is 10.9 Å². The van der Waals surface area contributed by atoms with E-state index in [0.717, 1.165) is 42.2 Å². The molecular weight excluding hydrogens is 312 g/mol. The van der Waals surface area contributed by atoms with Gasteiger partial charge in [0.25, 0.3) is 0 Å². The molecule has 2 aromatic heterocycles. The van der Waals surface area contributed by atoms with Gasteiger partial charge < -0.3 is 15.2 Å². The second-order valence-corrected chi connectivity index (χ2v) is 7.39. The van der Waals surface area contributed by atoms with E-state index in [-0.39, 0.29) is 11.6 Å². The lowest BCUT2D eigenvalue weighted by Crippen LogP contribution is -2.51. The van der Waals surface area contributed by atoms with E-state index in [0.29, 0.717) is 0 Å². The molecule has 128 valence electrons. The number of aliphatic imine (C=N–C) groups is 1. The van der Waals surface area contributed by atoms with E-state index in [2.05, 4.69) is 68.5 Å². The summed E-state index contributed by atoms with van der Waals surface area (Å²) in [5, 5.41) is 12.5. The van der Waals surface area contributed by atoms with Gasteiger partial charge in [-0.1, -0.05) is 12.1 Å². The molecule has 3 N–H and O–H groups in total. The molecule has 1 aromatic carbocycles. The molecule has 0 saturated carbocycles. The fourth-order valence-corrected chi connectivity index (χ4v) is 4.22. The average molecular weight is 334 g/mol. The molecule has 1 fully saturated rings. The van der Waals surface area contributed by atoms with Crippen molar-refractivity contribution in [2.75, 3.05) is 18.0 Å². The first-order valence-corrected chi connectivity index (χ1v) is 8.82. The second-order valence-electron chi connectivity index (χ2n) is 7.39. The number of anilines is 1. The van der Waals surface area contributed by atoms with Crippen molar-refractivity contribution < 1.29 is 0 Å². The van der Waals surface area contributed by atoms with Gasteiger partial charge in [0.15, 0.2) is 5.82 Å². The molecule has 0 bridgehead atoms. The molecule has 4 heterocycles. The summed E-state index contributed by atoms with van der Waals surface area (Å²) in [7, 11) is 0. The number of aromatic nitrogens is 3. The summed E-state index contributed by atoms with van der Waals surface area (Å²) in [6.45, 7) is 6.44. The van der Waals surface area contributed by atoms with Crippen LogP contribution in [0.2, 0.25) is 0 Å². The molecule has 0 radical (unpaired) electrons. The van der Waals surface area contributed by atoms with Crippen molar-refractivity contribution in [1.82, 2.24) is 20.5 Å². The smallest absolute Gasteiger partial charge is 0.153 e. The highest BCUT2D eigenvalue weighted by atomic mass is 15.3. The van der Waals surface area contributed by atoms with Gasteiger partial charge in [-0.25, -0.2) is 4.99 Å². The molecule has 2 aliphatic rings. The summed E-state index contributed by atoms with van der Waals surface area (Å²) in [6, 6.07) is 8.61. The maximum absolute atomic E-state index is 4.68. The fourth-order valence-electron chi connectivity index (χ4n) is 4.22. The van der Waals surface area contributed by atoms with Crippen molar-refractivity contribution in [3.63, 3.8) is 0 Å². The molecule has 2 atom stereocenters. The second kappa shape index (κ2) is 5.20. The molecule has 0 spiro atoms. The van der Waals surface area contributed by atoms with E-state index in [4.69, 9.17) is 0 Å². The average Bonchev–Trinajstić information content (AvgIpc) is 3.32. The molecule has 2 unspecified atom stereocenters. The van der Waals surface area contributed by atoms with E-state index in [1.54, 1.807) is 0 Å². The van der Waals surface area contributed by atoms with E-state index in [9.17, 15) is 0 Å². The zero-order valence-electron chi connectivity index (χ0n) is 14.5. The van der Waals surface area contributed by atoms with Crippen LogP contribution in [0.1, 0.15) is 30.6 Å². The van der Waals surface area contributed by atoms with Gasteiger partial charge in [-0.05, 0) is 44.5 Å². The summed E-state index contributed by atoms with van der Waals surface area (Å²) >= 11 is 0. The van der Waals surface area contributed by atoms with E-state index in [1.807, 2.05) is 12.4 Å². The number of rotatable bonds is 2. The quantitative estimate of drug-likeness (QED) is 0.674. The number of aromatic amines is 2. The number of hydrogen-bond acceptors (Lipinski definition) is 4. The highest BCUT2D eigenvalue weighted by Gasteiger charge is 2.42. The lowest BCUT2D eigenvalue weighted by Gasteiger charge is -2.44. The van der Waals surface area contributed by atoms with Crippen LogP contribution in [0.3, 0.4) is 0 Å². The zero-order chi connectivity index (χ0) is 17.0. The van der Waals surface area contributed by atoms with Gasteiger partial charge in [-0.2, -0.15) is 5.10 Å². The maximum atomic E-state index is 4.68. The van der Waals surface area contributed by atoms with Crippen molar-refractivity contribution in [2.45, 2.75) is 31.8 Å². The number of aryl methyl sites for hydroxylation is 1. The number of H-pyrrole nitrogens is 2. The fraction of sp³-hybridized carbons (Fsp3) is 0.368. The first-order valence-electron chi connectivity index (χ1n) is 8.82. The molecule has 3 aromatic rings. The van der Waals surface area contributed by atoms with Crippen molar-refractivity contribution in [1.29, 1.82) is 0 Å². The minimum atomic E-state index is 0.0379. The van der Waals surface area contributed by atoms with Gasteiger partial charge in [-0.3, -0.25) is 5.10 Å². The Bertz CT molecular complexity index is 959. The summed E-state index contributed by atoms with van der Waals surface area (Å²) < 4.78 is 0. The Morgan fingerprint density at radius 2 is 2.20 bits per heavy atom. The number of fused-ring (bicyclic) bond motifs is 2. The van der Waals surface area contributed by atoms with Crippen LogP contribution in [0, 0.1) is 6.92 Å². The van der Waals surface area contributed by atoms with Crippen molar-refractivity contribution in [3.8, 4) is 0 Å². The predicted octanol–water partition coefficient (Wildman–Crippen LogP) is 3.22. The molecular formula is C19H22N6. The normalized spacial score (nSPS) is 25.7. The summed E-state index contributed by atoms with van der Waals surface area (Å²) in [5.74, 6) is 0.934. The van der Waals surface area contributed by atoms with Crippen LogP contribution in [0.4, 0.5) is 11.5 Å². The Morgan fingerprint density at radius 1 is 1.28 bits per heavy atom. The lowest BCUT2D eigenvalue weighted by atomic mass is 9.93. The Labute approximate surface area is 146 Å². The summed E-state index contributed by atoms with van der Waals surface area (Å²) in [4.78, 5) is 10.4. The van der Waals surface area contributed by atoms with Gasteiger partial charge in [0.05, 0.1) is 22.4 Å². The van der Waals surface area contributed by atoms with E-state index >= 15 is 0 Å². The topological polar surface area (TPSA) is 72.1 Å². The number of benzene rings is 1. The van der Waals surface area contributed by atoms with Crippen LogP contribution in [0.5, 0.6) is 0 Å². The van der Waals surface area contributed by atoms with Gasteiger partial charge in [0, 0.05) is 24.3 Å². The van der Waals surface area contributed by atoms with Crippen LogP contribution in [0.15, 0.2) is 35.5 Å². The number of nitrogens with one attached hydrogen (secondary N) is 3. The van der Waals surface area contributed by atoms with Crippen molar-refractivity contribution in [3.05, 3.63) is 41.7 Å². The molecule has 25 heavy (non-hydrogen) atoms. The van der Waals surface area contributed by atoms with Gasteiger partial charge >= 0.3 is 0 Å². The SMILES string of the molecule is Cc1ccc2c(C3C=Nc4[nH]ccc4N3C3(C)CCNC3)[nH]nc2c1. The van der Waals surface area contributed by atoms with Gasteiger partial charge in [-0.15, -0.1) is 0 Å². The standard InChI is InChI=1S/C19H22N6/c1-12-3-4-13-14(9-12)23-24-17(13)16-10-22-18-15(5-7-21-18)25(16)19(2)6-8-20-11-19/h3-5,7,9-10,16,20-21H,6,8,11H2,1-2H3,(H,23,24). The summed E-state index contributed by atoms with van der Waals surface area (Å²) in [6.07, 6.45) is 5.11. The van der Waals surface area contributed by atoms with Crippen molar-refractivity contribution >= 4 is 28.6 Å². The molecule has 6 heteroatoms. The van der Waals surface area contributed by atoms with Crippen LogP contribution >= 0.6 is 0 Å². The molecule has 6 nitrogen and oxygen atoms in total. The summed E-state index contributed by atoms with van der Waals surface area (Å²) in [5.41, 5.74) is 4.54. The van der Waals surface area contributed by atoms with Crippen molar-refractivity contribution in [2.24, 2.45) is 4.99 Å². The molecule has 5 rings (SSSR count). The number of hydrogen-bond donors (Lipinski definition) is 3. The molecule has 0 amide bonds. The Kier molecular flexibility index (Phi) is 3.06. The minimum Gasteiger partial charge on any atom is -0.348 e. The van der Waals surface area contributed by atoms with Crippen LogP contribution in [-0.4, -0.2) is 40.0 Å². The Hall–Kier alpha value is -2.60. The van der Waals surface area contributed by atoms with Gasteiger partial charge in [0.2, 0.25) is 0 Å². The lowest BCUT2D eigenvalue weighted by molar-refractivity contribution is 0.441. The zero-order valence-corrected chi connectivity index (χ0v) is 14.5. The van der Waals surface area contributed by atoms with Crippen LogP contribution in [0.25, 0.3) is 10.9 Å². The monoisotopic (exact) mass is 334 g/mol. The highest BCUT2D eigenvalue weighted by Crippen LogP contribution is 2.44. The minimum absolute atomic E-state index is 0.0379. The van der Waals surface area contributed by atoms with Crippen LogP contribution < -0.4 is 10.2 Å². The van der Waals surface area contributed by atoms with E-state index < -0.39 is 0 Å². The third kappa shape index (κ3) is 2.14. The Balaban J connectivity index is 1.68.